The van der Waals surface area contributed by atoms with E-state index < -0.39 is 11.6 Å². The number of aliphatic hydroxyl groups is 1. The summed E-state index contributed by atoms with van der Waals surface area (Å²) in [5, 5.41) is 9.29. The highest BCUT2D eigenvalue weighted by atomic mass is 79.9. The average molecular weight is 320 g/mol. The Labute approximate surface area is 114 Å². The SMILES string of the molecule is OCC1CCCCN1Cc1c(F)ccc(Br)c1F. The second kappa shape index (κ2) is 6.08. The molecule has 18 heavy (non-hydrogen) atoms. The molecule has 100 valence electrons. The maximum Gasteiger partial charge on any atom is 0.144 e. The molecule has 1 saturated heterocycles. The molecule has 1 aliphatic rings. The van der Waals surface area contributed by atoms with Gasteiger partial charge in [0.1, 0.15) is 11.6 Å². The predicted molar refractivity (Wildman–Crippen MR) is 69.2 cm³/mol. The van der Waals surface area contributed by atoms with Crippen LogP contribution in [0.4, 0.5) is 8.78 Å². The molecule has 2 rings (SSSR count). The van der Waals surface area contributed by atoms with Gasteiger partial charge in [0.2, 0.25) is 0 Å². The fourth-order valence-corrected chi connectivity index (χ4v) is 2.76. The zero-order chi connectivity index (χ0) is 13.1. The Morgan fingerprint density at radius 3 is 2.83 bits per heavy atom. The maximum atomic E-state index is 13.9. The van der Waals surface area contributed by atoms with Crippen molar-refractivity contribution in [2.24, 2.45) is 0 Å². The third-order valence-electron chi connectivity index (χ3n) is 3.46. The van der Waals surface area contributed by atoms with Crippen molar-refractivity contribution in [3.63, 3.8) is 0 Å². The average Bonchev–Trinajstić information content (AvgIpc) is 2.39. The van der Waals surface area contributed by atoms with Crippen molar-refractivity contribution in [1.82, 2.24) is 4.90 Å². The summed E-state index contributed by atoms with van der Waals surface area (Å²) in [5.41, 5.74) is 0.0738. The molecule has 0 bridgehead atoms. The minimum atomic E-state index is -0.544. The third kappa shape index (κ3) is 2.90. The normalized spacial score (nSPS) is 21.2. The van der Waals surface area contributed by atoms with Crippen LogP contribution in [0.2, 0.25) is 0 Å². The number of hydrogen-bond acceptors (Lipinski definition) is 2. The molecular weight excluding hydrogens is 304 g/mol. The molecule has 2 nitrogen and oxygen atoms in total. The van der Waals surface area contributed by atoms with Gasteiger partial charge in [0.05, 0.1) is 11.1 Å². The molecular formula is C13H16BrF2NO. The van der Waals surface area contributed by atoms with E-state index in [0.29, 0.717) is 0 Å². The lowest BCUT2D eigenvalue weighted by Crippen LogP contribution is -2.41. The van der Waals surface area contributed by atoms with Crippen molar-refractivity contribution in [3.05, 3.63) is 33.8 Å². The zero-order valence-electron chi connectivity index (χ0n) is 10.0. The number of aliphatic hydroxyl groups excluding tert-OH is 1. The number of piperidine rings is 1. The summed E-state index contributed by atoms with van der Waals surface area (Å²) in [6.45, 7) is 1.02. The van der Waals surface area contributed by atoms with Crippen LogP contribution in [0.1, 0.15) is 24.8 Å². The van der Waals surface area contributed by atoms with Gasteiger partial charge in [-0.2, -0.15) is 0 Å². The number of hydrogen-bond donors (Lipinski definition) is 1. The molecule has 0 radical (unpaired) electrons. The first-order chi connectivity index (χ1) is 8.63. The lowest BCUT2D eigenvalue weighted by atomic mass is 10.0. The van der Waals surface area contributed by atoms with Crippen molar-refractivity contribution in [3.8, 4) is 0 Å². The van der Waals surface area contributed by atoms with E-state index in [9.17, 15) is 13.9 Å². The zero-order valence-corrected chi connectivity index (χ0v) is 11.6. The van der Waals surface area contributed by atoms with Crippen molar-refractivity contribution in [2.75, 3.05) is 13.2 Å². The molecule has 1 aromatic rings. The van der Waals surface area contributed by atoms with Gasteiger partial charge in [0.25, 0.3) is 0 Å². The minimum Gasteiger partial charge on any atom is -0.395 e. The largest absolute Gasteiger partial charge is 0.395 e. The van der Waals surface area contributed by atoms with E-state index in [4.69, 9.17) is 0 Å². The van der Waals surface area contributed by atoms with Crippen molar-refractivity contribution in [1.29, 1.82) is 0 Å². The van der Waals surface area contributed by atoms with Crippen LogP contribution in [0, 0.1) is 11.6 Å². The molecule has 1 aromatic carbocycles. The predicted octanol–water partition coefficient (Wildman–Crippen LogP) is 3.07. The van der Waals surface area contributed by atoms with Crippen LogP contribution >= 0.6 is 15.9 Å². The maximum absolute atomic E-state index is 13.9. The van der Waals surface area contributed by atoms with E-state index in [2.05, 4.69) is 15.9 Å². The Hall–Kier alpha value is -0.520. The van der Waals surface area contributed by atoms with Crippen molar-refractivity contribution >= 4 is 15.9 Å². The van der Waals surface area contributed by atoms with Gasteiger partial charge in [-0.25, -0.2) is 8.78 Å². The van der Waals surface area contributed by atoms with Crippen LogP contribution in [0.5, 0.6) is 0 Å². The summed E-state index contributed by atoms with van der Waals surface area (Å²) in [5.74, 6) is -1.07. The molecule has 1 N–H and O–H groups in total. The van der Waals surface area contributed by atoms with Crippen LogP contribution in [-0.2, 0) is 6.54 Å². The van der Waals surface area contributed by atoms with Gasteiger partial charge in [-0.3, -0.25) is 4.90 Å². The van der Waals surface area contributed by atoms with Crippen LogP contribution in [0.25, 0.3) is 0 Å². The lowest BCUT2D eigenvalue weighted by molar-refractivity contribution is 0.0821. The van der Waals surface area contributed by atoms with E-state index in [-0.39, 0.29) is 29.2 Å². The molecule has 5 heteroatoms. The fraction of sp³-hybridized carbons (Fsp3) is 0.538. The van der Waals surface area contributed by atoms with Gasteiger partial charge in [0.15, 0.2) is 0 Å². The Bertz CT molecular complexity index is 428. The summed E-state index contributed by atoms with van der Waals surface area (Å²) >= 11 is 3.07. The van der Waals surface area contributed by atoms with E-state index in [1.165, 1.54) is 12.1 Å². The number of nitrogens with zero attached hydrogens (tertiary/aromatic N) is 1. The highest BCUT2D eigenvalue weighted by Crippen LogP contribution is 2.25. The Kier molecular flexibility index (Phi) is 4.70. The van der Waals surface area contributed by atoms with Gasteiger partial charge in [0, 0.05) is 18.2 Å². The monoisotopic (exact) mass is 319 g/mol. The van der Waals surface area contributed by atoms with Crippen molar-refractivity contribution in [2.45, 2.75) is 31.8 Å². The van der Waals surface area contributed by atoms with E-state index >= 15 is 0 Å². The van der Waals surface area contributed by atoms with Gasteiger partial charge >= 0.3 is 0 Å². The standard InChI is InChI=1S/C13H16BrF2NO/c14-11-4-5-12(15)10(13(11)16)7-17-6-2-1-3-9(17)8-18/h4-5,9,18H,1-3,6-8H2. The van der Waals surface area contributed by atoms with Crippen LogP contribution in [0.15, 0.2) is 16.6 Å². The molecule has 1 atom stereocenters. The molecule has 0 spiro atoms. The highest BCUT2D eigenvalue weighted by Gasteiger charge is 2.24. The van der Waals surface area contributed by atoms with Crippen LogP contribution in [0.3, 0.4) is 0 Å². The molecule has 0 saturated carbocycles. The molecule has 0 aliphatic carbocycles. The van der Waals surface area contributed by atoms with Gasteiger partial charge < -0.3 is 5.11 Å². The first-order valence-electron chi connectivity index (χ1n) is 6.10. The summed E-state index contributed by atoms with van der Waals surface area (Å²) in [7, 11) is 0. The van der Waals surface area contributed by atoms with E-state index in [0.717, 1.165) is 25.8 Å². The molecule has 0 aromatic heterocycles. The number of likely N-dealkylation sites (tertiary alicyclic amines) is 1. The van der Waals surface area contributed by atoms with E-state index in [1.54, 1.807) is 0 Å². The molecule has 1 fully saturated rings. The van der Waals surface area contributed by atoms with Gasteiger partial charge in [-0.15, -0.1) is 0 Å². The lowest BCUT2D eigenvalue weighted by Gasteiger charge is -2.34. The first-order valence-corrected chi connectivity index (χ1v) is 6.90. The number of benzene rings is 1. The Balaban J connectivity index is 2.20. The van der Waals surface area contributed by atoms with Gasteiger partial charge in [-0.05, 0) is 47.4 Å². The summed E-state index contributed by atoms with van der Waals surface area (Å²) in [6, 6.07) is 2.64. The quantitative estimate of drug-likeness (QED) is 0.865. The topological polar surface area (TPSA) is 23.5 Å². The van der Waals surface area contributed by atoms with Gasteiger partial charge in [-0.1, -0.05) is 6.42 Å². The highest BCUT2D eigenvalue weighted by molar-refractivity contribution is 9.10. The first kappa shape index (κ1) is 13.9. The Morgan fingerprint density at radius 2 is 2.11 bits per heavy atom. The fourth-order valence-electron chi connectivity index (χ4n) is 2.39. The van der Waals surface area contributed by atoms with E-state index in [1.807, 2.05) is 4.90 Å². The molecule has 1 unspecified atom stereocenters. The molecule has 0 amide bonds. The summed E-state index contributed by atoms with van der Waals surface area (Å²) in [6.07, 6.45) is 2.95. The smallest absolute Gasteiger partial charge is 0.144 e. The van der Waals surface area contributed by atoms with Crippen LogP contribution in [-0.4, -0.2) is 29.2 Å². The summed E-state index contributed by atoms with van der Waals surface area (Å²) in [4.78, 5) is 1.96. The van der Waals surface area contributed by atoms with Crippen molar-refractivity contribution < 1.29 is 13.9 Å². The number of halogens is 3. The third-order valence-corrected chi connectivity index (χ3v) is 4.07. The summed E-state index contributed by atoms with van der Waals surface area (Å²) < 4.78 is 27.8. The Morgan fingerprint density at radius 1 is 1.33 bits per heavy atom. The van der Waals surface area contributed by atoms with Crippen LogP contribution < -0.4 is 0 Å². The number of rotatable bonds is 3. The second-order valence-corrected chi connectivity index (χ2v) is 5.48. The molecule has 1 aliphatic heterocycles. The molecule has 1 heterocycles. The minimum absolute atomic E-state index is 0.0107. The second-order valence-electron chi connectivity index (χ2n) is 4.62.